The molecule has 1 saturated heterocycles. The van der Waals surface area contributed by atoms with Crippen LogP contribution in [0, 0.1) is 0 Å². The quantitative estimate of drug-likeness (QED) is 0.684. The van der Waals surface area contributed by atoms with Crippen LogP contribution in [-0.4, -0.2) is 48.5 Å². The molecular formula is C12H25NO2S. The topological polar surface area (TPSA) is 41.5 Å². The van der Waals surface area contributed by atoms with Crippen LogP contribution in [0.15, 0.2) is 0 Å². The van der Waals surface area contributed by atoms with E-state index in [1.54, 1.807) is 0 Å². The summed E-state index contributed by atoms with van der Waals surface area (Å²) < 4.78 is 5.34. The fourth-order valence-electron chi connectivity index (χ4n) is 1.83. The Hall–Kier alpha value is 0.230. The molecule has 16 heavy (non-hydrogen) atoms. The van der Waals surface area contributed by atoms with Crippen LogP contribution in [0.2, 0.25) is 0 Å². The molecule has 0 aromatic carbocycles. The average Bonchev–Trinajstić information content (AvgIpc) is 2.35. The average molecular weight is 247 g/mol. The highest BCUT2D eigenvalue weighted by Crippen LogP contribution is 2.22. The highest BCUT2D eigenvalue weighted by atomic mass is 32.2. The molecule has 1 aliphatic rings. The van der Waals surface area contributed by atoms with Gasteiger partial charge in [-0.1, -0.05) is 6.92 Å². The lowest BCUT2D eigenvalue weighted by molar-refractivity contribution is 0.1000. The van der Waals surface area contributed by atoms with Crippen molar-refractivity contribution in [2.45, 2.75) is 43.9 Å². The molecule has 0 radical (unpaired) electrons. The zero-order valence-electron chi connectivity index (χ0n) is 10.3. The molecule has 1 fully saturated rings. The molecule has 0 bridgehead atoms. The molecule has 1 aliphatic heterocycles. The molecule has 0 saturated carbocycles. The summed E-state index contributed by atoms with van der Waals surface area (Å²) in [6, 6.07) is 0.285. The van der Waals surface area contributed by atoms with Crippen molar-refractivity contribution in [2.24, 2.45) is 0 Å². The minimum atomic E-state index is 0.258. The highest BCUT2D eigenvalue weighted by Gasteiger charge is 2.14. The normalized spacial score (nSPS) is 19.9. The second-order valence-corrected chi connectivity index (χ2v) is 5.71. The summed E-state index contributed by atoms with van der Waals surface area (Å²) in [4.78, 5) is 0. The molecule has 96 valence electrons. The maximum absolute atomic E-state index is 9.20. The van der Waals surface area contributed by atoms with Crippen molar-refractivity contribution >= 4 is 11.8 Å². The third-order valence-corrected chi connectivity index (χ3v) is 4.31. The highest BCUT2D eigenvalue weighted by molar-refractivity contribution is 7.99. The van der Waals surface area contributed by atoms with Crippen molar-refractivity contribution in [2.75, 3.05) is 32.1 Å². The number of rotatable bonds is 8. The summed E-state index contributed by atoms with van der Waals surface area (Å²) in [5.41, 5.74) is 0. The summed E-state index contributed by atoms with van der Waals surface area (Å²) in [5.74, 6) is 1.15. The lowest BCUT2D eigenvalue weighted by atomic mass is 10.2. The van der Waals surface area contributed by atoms with Crippen LogP contribution in [0.25, 0.3) is 0 Å². The Labute approximate surface area is 103 Å². The van der Waals surface area contributed by atoms with Crippen molar-refractivity contribution in [3.05, 3.63) is 0 Å². The number of nitrogens with one attached hydrogen (secondary N) is 1. The molecule has 0 aromatic heterocycles. The minimum Gasteiger partial charge on any atom is -0.395 e. The third-order valence-electron chi connectivity index (χ3n) is 2.89. The van der Waals surface area contributed by atoms with E-state index in [-0.39, 0.29) is 12.6 Å². The van der Waals surface area contributed by atoms with Gasteiger partial charge in [0.1, 0.15) is 0 Å². The Morgan fingerprint density at radius 2 is 2.19 bits per heavy atom. The summed E-state index contributed by atoms with van der Waals surface area (Å²) in [6.07, 6.45) is 4.58. The minimum absolute atomic E-state index is 0.258. The second-order valence-electron chi connectivity index (χ2n) is 4.30. The molecule has 1 atom stereocenters. The number of aliphatic hydroxyl groups is 1. The van der Waals surface area contributed by atoms with Gasteiger partial charge in [-0.3, -0.25) is 0 Å². The van der Waals surface area contributed by atoms with Gasteiger partial charge >= 0.3 is 0 Å². The van der Waals surface area contributed by atoms with Gasteiger partial charge in [0.2, 0.25) is 0 Å². The monoisotopic (exact) mass is 247 g/mol. The molecule has 0 spiro atoms. The lowest BCUT2D eigenvalue weighted by Crippen LogP contribution is -2.33. The molecular weight excluding hydrogens is 222 g/mol. The van der Waals surface area contributed by atoms with Crippen LogP contribution >= 0.6 is 11.8 Å². The van der Waals surface area contributed by atoms with Gasteiger partial charge in [0, 0.05) is 24.5 Å². The van der Waals surface area contributed by atoms with E-state index >= 15 is 0 Å². The smallest absolute Gasteiger partial charge is 0.0584 e. The van der Waals surface area contributed by atoms with Gasteiger partial charge < -0.3 is 15.2 Å². The van der Waals surface area contributed by atoms with E-state index in [2.05, 4.69) is 12.2 Å². The standard InChI is InChI=1S/C12H25NO2S/c1-2-6-13-11(10-14)5-9-16-12-3-7-15-8-4-12/h11-14H,2-10H2,1H3. The van der Waals surface area contributed by atoms with Crippen molar-refractivity contribution in [3.8, 4) is 0 Å². The van der Waals surface area contributed by atoms with Gasteiger partial charge in [-0.05, 0) is 38.0 Å². The first kappa shape index (κ1) is 14.3. The van der Waals surface area contributed by atoms with Gasteiger partial charge in [0.25, 0.3) is 0 Å². The fourth-order valence-corrected chi connectivity index (χ4v) is 3.11. The Morgan fingerprint density at radius 1 is 1.44 bits per heavy atom. The number of hydrogen-bond acceptors (Lipinski definition) is 4. The van der Waals surface area contributed by atoms with Gasteiger partial charge in [-0.15, -0.1) is 0 Å². The third kappa shape index (κ3) is 6.09. The largest absolute Gasteiger partial charge is 0.395 e. The first-order valence-electron chi connectivity index (χ1n) is 6.40. The SMILES string of the molecule is CCCNC(CO)CCSC1CCOCC1. The number of thioether (sulfide) groups is 1. The Bertz CT molecular complexity index is 163. The van der Waals surface area contributed by atoms with E-state index in [9.17, 15) is 5.11 Å². The van der Waals surface area contributed by atoms with Gasteiger partial charge in [0.15, 0.2) is 0 Å². The molecule has 0 amide bonds. The van der Waals surface area contributed by atoms with Crippen molar-refractivity contribution < 1.29 is 9.84 Å². The van der Waals surface area contributed by atoms with Crippen molar-refractivity contribution in [3.63, 3.8) is 0 Å². The Kier molecular flexibility index (Phi) is 8.29. The zero-order valence-corrected chi connectivity index (χ0v) is 11.1. The molecule has 1 heterocycles. The van der Waals surface area contributed by atoms with Crippen LogP contribution in [0.3, 0.4) is 0 Å². The summed E-state index contributed by atoms with van der Waals surface area (Å²) in [5, 5.41) is 13.3. The first-order valence-corrected chi connectivity index (χ1v) is 7.45. The van der Waals surface area contributed by atoms with E-state index in [1.165, 1.54) is 12.8 Å². The molecule has 2 N–H and O–H groups in total. The van der Waals surface area contributed by atoms with Gasteiger partial charge in [0.05, 0.1) is 6.61 Å². The van der Waals surface area contributed by atoms with E-state index in [0.717, 1.165) is 43.6 Å². The maximum atomic E-state index is 9.20. The predicted molar refractivity (Wildman–Crippen MR) is 70.1 cm³/mol. The second kappa shape index (κ2) is 9.28. The molecule has 3 nitrogen and oxygen atoms in total. The molecule has 1 rings (SSSR count). The van der Waals surface area contributed by atoms with E-state index in [0.29, 0.717) is 0 Å². The van der Waals surface area contributed by atoms with E-state index < -0.39 is 0 Å². The molecule has 0 aliphatic carbocycles. The van der Waals surface area contributed by atoms with Crippen LogP contribution in [0.1, 0.15) is 32.6 Å². The van der Waals surface area contributed by atoms with Crippen LogP contribution in [-0.2, 0) is 4.74 Å². The number of aliphatic hydroxyl groups excluding tert-OH is 1. The van der Waals surface area contributed by atoms with Gasteiger partial charge in [-0.25, -0.2) is 0 Å². The molecule has 4 heteroatoms. The fraction of sp³-hybridized carbons (Fsp3) is 1.00. The van der Waals surface area contributed by atoms with Gasteiger partial charge in [-0.2, -0.15) is 11.8 Å². The van der Waals surface area contributed by atoms with Crippen LogP contribution in [0.5, 0.6) is 0 Å². The number of ether oxygens (including phenoxy) is 1. The maximum Gasteiger partial charge on any atom is 0.0584 e. The van der Waals surface area contributed by atoms with Crippen molar-refractivity contribution in [1.29, 1.82) is 0 Å². The Balaban J connectivity index is 2.02. The lowest BCUT2D eigenvalue weighted by Gasteiger charge is -2.22. The summed E-state index contributed by atoms with van der Waals surface area (Å²) in [7, 11) is 0. The number of hydrogen-bond donors (Lipinski definition) is 2. The molecule has 1 unspecified atom stereocenters. The van der Waals surface area contributed by atoms with Crippen LogP contribution in [0.4, 0.5) is 0 Å². The Morgan fingerprint density at radius 3 is 2.81 bits per heavy atom. The van der Waals surface area contributed by atoms with Crippen molar-refractivity contribution in [1.82, 2.24) is 5.32 Å². The van der Waals surface area contributed by atoms with E-state index in [1.807, 2.05) is 11.8 Å². The first-order chi connectivity index (χ1) is 7.86. The van der Waals surface area contributed by atoms with Crippen LogP contribution < -0.4 is 5.32 Å². The van der Waals surface area contributed by atoms with E-state index in [4.69, 9.17) is 4.74 Å². The summed E-state index contributed by atoms with van der Waals surface area (Å²) >= 11 is 2.04. The predicted octanol–water partition coefficient (Wildman–Crippen LogP) is 1.65. The zero-order chi connectivity index (χ0) is 11.6. The molecule has 0 aromatic rings. The summed E-state index contributed by atoms with van der Waals surface area (Å²) in [6.45, 7) is 5.27.